The summed E-state index contributed by atoms with van der Waals surface area (Å²) in [7, 11) is 0. The van der Waals surface area contributed by atoms with Crippen molar-refractivity contribution in [2.45, 2.75) is 46.1 Å². The highest BCUT2D eigenvalue weighted by Crippen LogP contribution is 2.27. The summed E-state index contributed by atoms with van der Waals surface area (Å²) in [6.45, 7) is 6.86. The molecule has 160 valence electrons. The molecule has 0 bridgehead atoms. The van der Waals surface area contributed by atoms with E-state index in [2.05, 4.69) is 13.8 Å². The van der Waals surface area contributed by atoms with Gasteiger partial charge in [-0.2, -0.15) is 0 Å². The third kappa shape index (κ3) is 4.24. The molecule has 1 aliphatic rings. The minimum absolute atomic E-state index is 0.0338. The molecule has 0 unspecified atom stereocenters. The molecule has 6 heteroatoms. The number of aryl methyl sites for hydroxylation is 1. The third-order valence-corrected chi connectivity index (χ3v) is 5.69. The van der Waals surface area contributed by atoms with E-state index in [1.54, 1.807) is 29.2 Å². The average Bonchev–Trinajstić information content (AvgIpc) is 3.16. The number of anilines is 1. The first kappa shape index (κ1) is 20.8. The van der Waals surface area contributed by atoms with E-state index in [1.807, 2.05) is 19.1 Å². The number of fused-ring (bicyclic) bond motifs is 1. The van der Waals surface area contributed by atoms with E-state index in [0.717, 1.165) is 28.6 Å². The number of benzene rings is 2. The van der Waals surface area contributed by atoms with E-state index in [4.69, 9.17) is 9.15 Å². The number of ether oxygens (including phenoxy) is 1. The second-order valence-corrected chi connectivity index (χ2v) is 8.22. The molecule has 0 atom stereocenters. The molecule has 4 rings (SSSR count). The number of nitrogens with zero attached hydrogens (tertiary/aromatic N) is 1. The highest BCUT2D eigenvalue weighted by molar-refractivity contribution is 5.96. The maximum atomic E-state index is 12.6. The highest BCUT2D eigenvalue weighted by atomic mass is 16.5. The van der Waals surface area contributed by atoms with Gasteiger partial charge in [0.25, 0.3) is 0 Å². The molecule has 6 nitrogen and oxygen atoms in total. The summed E-state index contributed by atoms with van der Waals surface area (Å²) in [6.07, 6.45) is 1.40. The monoisotopic (exact) mass is 419 g/mol. The summed E-state index contributed by atoms with van der Waals surface area (Å²) in [6, 6.07) is 12.0. The first-order valence-corrected chi connectivity index (χ1v) is 10.5. The van der Waals surface area contributed by atoms with Gasteiger partial charge >= 0.3 is 11.6 Å². The summed E-state index contributed by atoms with van der Waals surface area (Å²) in [5, 5.41) is 0.768. The van der Waals surface area contributed by atoms with Crippen molar-refractivity contribution in [2.24, 2.45) is 0 Å². The van der Waals surface area contributed by atoms with Gasteiger partial charge in [0.2, 0.25) is 5.91 Å². The fraction of sp³-hybridized carbons (Fsp3) is 0.320. The van der Waals surface area contributed by atoms with E-state index in [0.29, 0.717) is 35.6 Å². The number of carbonyl (C=O) groups excluding carboxylic acids is 2. The van der Waals surface area contributed by atoms with Crippen molar-refractivity contribution in [3.63, 3.8) is 0 Å². The lowest BCUT2D eigenvalue weighted by Gasteiger charge is -2.16. The lowest BCUT2D eigenvalue weighted by Crippen LogP contribution is -2.23. The highest BCUT2D eigenvalue weighted by Gasteiger charge is 2.22. The summed E-state index contributed by atoms with van der Waals surface area (Å²) in [5.74, 6) is -0.0780. The lowest BCUT2D eigenvalue weighted by atomic mass is 9.95. The molecule has 31 heavy (non-hydrogen) atoms. The van der Waals surface area contributed by atoms with Crippen LogP contribution in [0.4, 0.5) is 5.69 Å². The molecule has 1 aromatic heterocycles. The molecule has 1 saturated heterocycles. The molecular formula is C25H25NO5. The standard InChI is InChI=1S/C25H25NO5/c1-15(2)20-13-21-18(12-24(28)31-22(21)11-16(20)3)14-30-25(29)17-6-8-19(9-7-17)26-10-4-5-23(26)27/h6-9,11-13,15H,4-5,10,14H2,1-3H3. The zero-order valence-corrected chi connectivity index (χ0v) is 17.9. The molecule has 1 aliphatic heterocycles. The first-order chi connectivity index (χ1) is 14.8. The summed E-state index contributed by atoms with van der Waals surface area (Å²) >= 11 is 0. The number of esters is 1. The summed E-state index contributed by atoms with van der Waals surface area (Å²) in [5.41, 5.74) is 4.00. The number of rotatable bonds is 5. The van der Waals surface area contributed by atoms with Crippen LogP contribution >= 0.6 is 0 Å². The predicted octanol–water partition coefficient (Wildman–Crippen LogP) is 4.71. The van der Waals surface area contributed by atoms with Crippen molar-refractivity contribution < 1.29 is 18.7 Å². The maximum Gasteiger partial charge on any atom is 0.338 e. The van der Waals surface area contributed by atoms with E-state index >= 15 is 0 Å². The Labute approximate surface area is 180 Å². The molecule has 0 aliphatic carbocycles. The third-order valence-electron chi connectivity index (χ3n) is 5.69. The van der Waals surface area contributed by atoms with Crippen LogP contribution in [-0.4, -0.2) is 18.4 Å². The number of hydrogen-bond donors (Lipinski definition) is 0. The Morgan fingerprint density at radius 3 is 2.52 bits per heavy atom. The van der Waals surface area contributed by atoms with Crippen LogP contribution < -0.4 is 10.5 Å². The molecule has 3 aromatic rings. The normalized spacial score (nSPS) is 13.9. The minimum Gasteiger partial charge on any atom is -0.457 e. The Morgan fingerprint density at radius 2 is 1.87 bits per heavy atom. The van der Waals surface area contributed by atoms with Crippen molar-refractivity contribution in [2.75, 3.05) is 11.4 Å². The number of amides is 1. The zero-order valence-electron chi connectivity index (χ0n) is 17.9. The van der Waals surface area contributed by atoms with Gasteiger partial charge in [0, 0.05) is 35.7 Å². The molecule has 0 radical (unpaired) electrons. The van der Waals surface area contributed by atoms with Gasteiger partial charge < -0.3 is 14.1 Å². The van der Waals surface area contributed by atoms with Crippen LogP contribution in [0.25, 0.3) is 11.0 Å². The van der Waals surface area contributed by atoms with Gasteiger partial charge in [0.1, 0.15) is 12.2 Å². The Hall–Kier alpha value is -3.41. The van der Waals surface area contributed by atoms with Gasteiger partial charge in [-0.15, -0.1) is 0 Å². The van der Waals surface area contributed by atoms with Crippen LogP contribution in [0.2, 0.25) is 0 Å². The molecule has 1 amide bonds. The quantitative estimate of drug-likeness (QED) is 0.442. The van der Waals surface area contributed by atoms with Gasteiger partial charge in [-0.3, -0.25) is 4.79 Å². The van der Waals surface area contributed by atoms with E-state index in [9.17, 15) is 14.4 Å². The van der Waals surface area contributed by atoms with Crippen LogP contribution in [0.5, 0.6) is 0 Å². The molecule has 2 aromatic carbocycles. The second-order valence-electron chi connectivity index (χ2n) is 8.22. The van der Waals surface area contributed by atoms with Crippen molar-refractivity contribution >= 4 is 28.5 Å². The molecule has 1 fully saturated rings. The fourth-order valence-electron chi connectivity index (χ4n) is 4.06. The Balaban J connectivity index is 1.54. The fourth-order valence-corrected chi connectivity index (χ4v) is 4.06. The van der Waals surface area contributed by atoms with Crippen LogP contribution in [0, 0.1) is 6.92 Å². The Morgan fingerprint density at radius 1 is 1.13 bits per heavy atom. The SMILES string of the molecule is Cc1cc2oc(=O)cc(COC(=O)c3ccc(N4CCCC4=O)cc3)c2cc1C(C)C. The molecule has 0 N–H and O–H groups in total. The van der Waals surface area contributed by atoms with Crippen molar-refractivity contribution in [1.82, 2.24) is 0 Å². The van der Waals surface area contributed by atoms with Gasteiger partial charge in [0.05, 0.1) is 5.56 Å². The average molecular weight is 419 g/mol. The smallest absolute Gasteiger partial charge is 0.338 e. The van der Waals surface area contributed by atoms with Gasteiger partial charge in [-0.1, -0.05) is 13.8 Å². The molecule has 0 spiro atoms. The lowest BCUT2D eigenvalue weighted by molar-refractivity contribution is -0.117. The molecule has 0 saturated carbocycles. The van der Waals surface area contributed by atoms with Crippen LogP contribution in [-0.2, 0) is 16.1 Å². The van der Waals surface area contributed by atoms with E-state index < -0.39 is 11.6 Å². The second kappa shape index (κ2) is 8.38. The Kier molecular flexibility index (Phi) is 5.63. The maximum absolute atomic E-state index is 12.6. The predicted molar refractivity (Wildman–Crippen MR) is 118 cm³/mol. The zero-order chi connectivity index (χ0) is 22.1. The van der Waals surface area contributed by atoms with Crippen molar-refractivity contribution in [1.29, 1.82) is 0 Å². The largest absolute Gasteiger partial charge is 0.457 e. The molecule has 2 heterocycles. The van der Waals surface area contributed by atoms with Crippen LogP contribution in [0.1, 0.15) is 59.7 Å². The topological polar surface area (TPSA) is 76.8 Å². The van der Waals surface area contributed by atoms with E-state index in [-0.39, 0.29) is 12.5 Å². The van der Waals surface area contributed by atoms with Gasteiger partial charge in [0.15, 0.2) is 0 Å². The van der Waals surface area contributed by atoms with E-state index in [1.165, 1.54) is 6.07 Å². The van der Waals surface area contributed by atoms with Gasteiger partial charge in [-0.05, 0) is 66.8 Å². The minimum atomic E-state index is -0.489. The van der Waals surface area contributed by atoms with Crippen molar-refractivity contribution in [3.05, 3.63) is 75.1 Å². The van der Waals surface area contributed by atoms with Crippen LogP contribution in [0.15, 0.2) is 51.7 Å². The number of carbonyl (C=O) groups is 2. The first-order valence-electron chi connectivity index (χ1n) is 10.5. The summed E-state index contributed by atoms with van der Waals surface area (Å²) in [4.78, 5) is 38.2. The number of hydrogen-bond acceptors (Lipinski definition) is 5. The van der Waals surface area contributed by atoms with Crippen molar-refractivity contribution in [3.8, 4) is 0 Å². The van der Waals surface area contributed by atoms with Gasteiger partial charge in [-0.25, -0.2) is 9.59 Å². The molecular weight excluding hydrogens is 394 g/mol. The Bertz CT molecular complexity index is 1210. The summed E-state index contributed by atoms with van der Waals surface area (Å²) < 4.78 is 10.8. The van der Waals surface area contributed by atoms with Crippen LogP contribution in [0.3, 0.4) is 0 Å².